The number of hydrogen-bond donors (Lipinski definition) is 1. The van der Waals surface area contributed by atoms with E-state index >= 15 is 0 Å². The number of thiol groups is 1. The number of alkyl halides is 5. The summed E-state index contributed by atoms with van der Waals surface area (Å²) >= 11 is 3.53. The van der Waals surface area contributed by atoms with E-state index in [-0.39, 0.29) is 17.6 Å². The molecule has 0 N–H and O–H groups in total. The van der Waals surface area contributed by atoms with Crippen molar-refractivity contribution in [2.24, 2.45) is 28.6 Å². The number of rotatable bonds is 7. The van der Waals surface area contributed by atoms with Gasteiger partial charge in [-0.25, -0.2) is 0 Å². The van der Waals surface area contributed by atoms with Crippen LogP contribution in [-0.2, 0) is 11.2 Å². The average Bonchev–Trinajstić information content (AvgIpc) is 3.15. The molecule has 4 rings (SSSR count). The summed E-state index contributed by atoms with van der Waals surface area (Å²) in [6.45, 7) is 9.47. The zero-order chi connectivity index (χ0) is 27.6. The van der Waals surface area contributed by atoms with Gasteiger partial charge in [-0.3, -0.25) is 4.79 Å². The van der Waals surface area contributed by atoms with E-state index in [2.05, 4.69) is 64.6 Å². The molecule has 0 bridgehead atoms. The minimum atomic E-state index is -5.42. The lowest BCUT2D eigenvalue weighted by molar-refractivity contribution is -0.284. The first-order valence-electron chi connectivity index (χ1n) is 13.8. The van der Waals surface area contributed by atoms with Gasteiger partial charge in [-0.05, 0) is 90.9 Å². The first kappa shape index (κ1) is 30.4. The van der Waals surface area contributed by atoms with Gasteiger partial charge in [0.15, 0.2) is 0 Å². The van der Waals surface area contributed by atoms with Crippen LogP contribution in [-0.4, -0.2) is 23.6 Å². The smallest absolute Gasteiger partial charge is 0.299 e. The summed E-state index contributed by atoms with van der Waals surface area (Å²) in [6.07, 6.45) is 2.60. The molecule has 1 aromatic rings. The lowest BCUT2D eigenvalue weighted by Crippen LogP contribution is -2.46. The third-order valence-corrected chi connectivity index (χ3v) is 10.1. The molecule has 0 saturated heterocycles. The first-order chi connectivity index (χ1) is 17.2. The Morgan fingerprint density at radius 1 is 1.05 bits per heavy atom. The molecule has 3 aliphatic rings. The highest BCUT2D eigenvalue weighted by Gasteiger charge is 2.57. The van der Waals surface area contributed by atoms with Crippen LogP contribution < -0.4 is 0 Å². The van der Waals surface area contributed by atoms with E-state index in [1.54, 1.807) is 11.1 Å². The van der Waals surface area contributed by atoms with Gasteiger partial charge < -0.3 is 0 Å². The van der Waals surface area contributed by atoms with Gasteiger partial charge in [-0.15, -0.1) is 0 Å². The molecule has 3 aliphatic carbocycles. The number of fused-ring (bicyclic) bond motifs is 5. The fraction of sp³-hybridized carbons (Fsp3) is 0.767. The Hall–Kier alpha value is -1.11. The monoisotopic (exact) mass is 546 g/mol. The van der Waals surface area contributed by atoms with Crippen molar-refractivity contribution < 1.29 is 26.7 Å². The number of carbonyl (C=O) groups is 1. The van der Waals surface area contributed by atoms with Crippen molar-refractivity contribution in [1.82, 2.24) is 0 Å². The first-order valence-corrected chi connectivity index (χ1v) is 14.5. The minimum absolute atomic E-state index is 0.0219. The number of Topliss-reactive ketones (excluding diaryl/α,β-unsaturated/α-hetero) is 1. The highest BCUT2D eigenvalue weighted by atomic mass is 32.1. The van der Waals surface area contributed by atoms with E-state index in [1.807, 2.05) is 0 Å². The van der Waals surface area contributed by atoms with E-state index < -0.39 is 18.5 Å². The lowest BCUT2D eigenvalue weighted by Gasteiger charge is -2.52. The summed E-state index contributed by atoms with van der Waals surface area (Å²) in [5.41, 5.74) is 3.63. The molecule has 1 aromatic carbocycles. The normalized spacial score (nSPS) is 29.6. The summed E-state index contributed by atoms with van der Waals surface area (Å²) in [6, 6.07) is 9.21. The average molecular weight is 547 g/mol. The number of hydrogen-bond acceptors (Lipinski definition) is 2. The highest BCUT2D eigenvalue weighted by Crippen LogP contribution is 2.61. The molecule has 2 fully saturated rings. The highest BCUT2D eigenvalue weighted by molar-refractivity contribution is 7.80. The maximum atomic E-state index is 12.7. The number of benzene rings is 1. The molecule has 0 aromatic heterocycles. The molecule has 0 radical (unpaired) electrons. The van der Waals surface area contributed by atoms with Gasteiger partial charge in [-0.1, -0.05) is 58.4 Å². The zero-order valence-corrected chi connectivity index (χ0v) is 23.5. The largest absolute Gasteiger partial charge is 0.453 e. The topological polar surface area (TPSA) is 17.1 Å². The van der Waals surface area contributed by atoms with Gasteiger partial charge in [0.05, 0.1) is 0 Å². The Morgan fingerprint density at radius 2 is 1.73 bits per heavy atom. The van der Waals surface area contributed by atoms with Gasteiger partial charge in [0, 0.05) is 18.3 Å². The fourth-order valence-electron chi connectivity index (χ4n) is 6.98. The van der Waals surface area contributed by atoms with Gasteiger partial charge >= 0.3 is 12.1 Å². The molecule has 2 saturated carbocycles. The van der Waals surface area contributed by atoms with E-state index in [0.717, 1.165) is 31.1 Å². The molecule has 5 unspecified atom stereocenters. The van der Waals surface area contributed by atoms with Crippen LogP contribution in [0.5, 0.6) is 0 Å². The molecule has 0 amide bonds. The second-order valence-corrected chi connectivity index (χ2v) is 12.9. The van der Waals surface area contributed by atoms with E-state index in [1.165, 1.54) is 32.1 Å². The van der Waals surface area contributed by atoms with Crippen LogP contribution >= 0.6 is 12.6 Å². The zero-order valence-electron chi connectivity index (χ0n) is 22.6. The summed E-state index contributed by atoms with van der Waals surface area (Å²) in [7, 11) is 0. The molecule has 210 valence electrons. The van der Waals surface area contributed by atoms with E-state index in [9.17, 15) is 26.7 Å². The van der Waals surface area contributed by atoms with Crippen molar-refractivity contribution in [3.63, 3.8) is 0 Å². The van der Waals surface area contributed by atoms with Crippen molar-refractivity contribution in [3.8, 4) is 0 Å². The van der Waals surface area contributed by atoms with Crippen molar-refractivity contribution >= 4 is 18.4 Å². The number of carbonyl (C=O) groups excluding carboxylic acids is 1. The Kier molecular flexibility index (Phi) is 9.50. The van der Waals surface area contributed by atoms with Crippen LogP contribution in [0.25, 0.3) is 0 Å². The van der Waals surface area contributed by atoms with Crippen LogP contribution in [0, 0.1) is 28.6 Å². The molecule has 37 heavy (non-hydrogen) atoms. The Balaban J connectivity index is 0.000000295. The summed E-state index contributed by atoms with van der Waals surface area (Å²) < 4.78 is 58.1. The van der Waals surface area contributed by atoms with Crippen LogP contribution in [0.15, 0.2) is 24.3 Å². The van der Waals surface area contributed by atoms with Crippen molar-refractivity contribution in [1.29, 1.82) is 0 Å². The predicted molar refractivity (Wildman–Crippen MR) is 142 cm³/mol. The quantitative estimate of drug-likeness (QED) is 0.266. The Labute approximate surface area is 224 Å². The standard InChI is InChI=1S/C25H36O.C5H7F5S/c1-5-24(2,3)14-12-18-16-17-8-6-7-9-19(17)20-13-15-25(4)21(23(18)20)10-11-22(25)26;6-4(7,2-1-3-11)5(8,9)10/h6-9,18,20-21,23H,5,10-16H2,1-4H3;11H,1-3H2. The Morgan fingerprint density at radius 3 is 2.35 bits per heavy atom. The third-order valence-electron chi connectivity index (χ3n) is 9.74. The second-order valence-electron chi connectivity index (χ2n) is 12.5. The second kappa shape index (κ2) is 11.6. The minimum Gasteiger partial charge on any atom is -0.299 e. The summed E-state index contributed by atoms with van der Waals surface area (Å²) in [4.78, 5) is 12.7. The molecular weight excluding hydrogens is 503 g/mol. The lowest BCUT2D eigenvalue weighted by atomic mass is 9.52. The van der Waals surface area contributed by atoms with E-state index in [4.69, 9.17) is 0 Å². The maximum Gasteiger partial charge on any atom is 0.453 e. The Bertz CT molecular complexity index is 927. The SMILES string of the molecule is CCC(C)(C)CCC1Cc2ccccc2C2CCC3(C)C(=O)CCC3C12.FC(F)(F)C(F)(F)CCCS. The molecular formula is C30H43F5OS. The maximum absolute atomic E-state index is 12.7. The predicted octanol–water partition coefficient (Wildman–Crippen LogP) is 9.45. The molecule has 0 aliphatic heterocycles. The van der Waals surface area contributed by atoms with Crippen LogP contribution in [0.3, 0.4) is 0 Å². The third kappa shape index (κ3) is 6.55. The molecule has 7 heteroatoms. The van der Waals surface area contributed by atoms with Crippen LogP contribution in [0.1, 0.15) is 103 Å². The van der Waals surface area contributed by atoms with Crippen molar-refractivity contribution in [3.05, 3.63) is 35.4 Å². The number of ketones is 1. The van der Waals surface area contributed by atoms with Gasteiger partial charge in [0.25, 0.3) is 0 Å². The van der Waals surface area contributed by atoms with Crippen LogP contribution in [0.4, 0.5) is 22.0 Å². The molecule has 0 spiro atoms. The van der Waals surface area contributed by atoms with Crippen LogP contribution in [0.2, 0.25) is 0 Å². The van der Waals surface area contributed by atoms with E-state index in [0.29, 0.717) is 23.0 Å². The van der Waals surface area contributed by atoms with Gasteiger partial charge in [0.1, 0.15) is 5.78 Å². The molecule has 5 atom stereocenters. The molecule has 0 heterocycles. The van der Waals surface area contributed by atoms with Gasteiger partial charge in [-0.2, -0.15) is 34.6 Å². The van der Waals surface area contributed by atoms with Crippen molar-refractivity contribution in [2.75, 3.05) is 5.75 Å². The van der Waals surface area contributed by atoms with Crippen molar-refractivity contribution in [2.45, 2.75) is 110 Å². The molecule has 1 nitrogen and oxygen atoms in total. The fourth-order valence-corrected chi connectivity index (χ4v) is 7.14. The number of halogens is 5. The summed E-state index contributed by atoms with van der Waals surface area (Å²) in [5.74, 6) is -1.16. The van der Waals surface area contributed by atoms with Gasteiger partial charge in [0.2, 0.25) is 0 Å². The summed E-state index contributed by atoms with van der Waals surface area (Å²) in [5, 5.41) is 0.